The number of hydrogen-bond donors (Lipinski definition) is 0. The SMILES string of the molecule is C=CC(=O)OC(F)C(C(F)(F)F)(C(F)(F)F)C(F)(F)C(F)(F)C(F)(F)C(F)(F)C(F)(F)C(F)(F)C(F)(F)C(C)(F)F. The maximum Gasteiger partial charge on any atom is 0.415 e. The van der Waals surface area contributed by atoms with E-state index in [1.807, 2.05) is 0 Å². The van der Waals surface area contributed by atoms with Crippen molar-refractivity contribution in [1.29, 1.82) is 0 Å². The van der Waals surface area contributed by atoms with E-state index in [4.69, 9.17) is 0 Å². The Bertz CT molecular complexity index is 967. The van der Waals surface area contributed by atoms with Gasteiger partial charge in [-0.2, -0.15) is 96.6 Å². The van der Waals surface area contributed by atoms with Crippen LogP contribution in [-0.2, 0) is 9.53 Å². The molecular weight excluding hydrogens is 661 g/mol. The lowest BCUT2D eigenvalue weighted by molar-refractivity contribution is -0.498. The summed E-state index contributed by atoms with van der Waals surface area (Å²) < 4.78 is 313. The minimum absolute atomic E-state index is 0.685. The molecule has 1 atom stereocenters. The van der Waals surface area contributed by atoms with E-state index in [-0.39, 0.29) is 0 Å². The van der Waals surface area contributed by atoms with E-state index in [0.717, 1.165) is 0 Å². The summed E-state index contributed by atoms with van der Waals surface area (Å²) in [7, 11) is 0. The van der Waals surface area contributed by atoms with E-state index in [0.29, 0.717) is 0 Å². The first-order valence-electron chi connectivity index (χ1n) is 9.01. The highest BCUT2D eigenvalue weighted by Gasteiger charge is 3.00. The van der Waals surface area contributed by atoms with E-state index in [9.17, 15) is 106 Å². The van der Waals surface area contributed by atoms with Crippen LogP contribution in [0.25, 0.3) is 0 Å². The van der Waals surface area contributed by atoms with Crippen LogP contribution >= 0.6 is 0 Å². The number of ether oxygens (including phenoxy) is 1. The summed E-state index contributed by atoms with van der Waals surface area (Å²) in [5.41, 5.74) is -8.66. The topological polar surface area (TPSA) is 26.3 Å². The van der Waals surface area contributed by atoms with Gasteiger partial charge in [0.15, 0.2) is 0 Å². The Morgan fingerprint density at radius 2 is 0.780 bits per heavy atom. The first kappa shape index (κ1) is 38.6. The van der Waals surface area contributed by atoms with Gasteiger partial charge >= 0.3 is 65.7 Å². The van der Waals surface area contributed by atoms with Gasteiger partial charge < -0.3 is 4.74 Å². The molecule has 0 aliphatic carbocycles. The van der Waals surface area contributed by atoms with E-state index in [2.05, 4.69) is 11.3 Å². The number of carbonyl (C=O) groups excluding carboxylic acids is 1. The number of rotatable bonds is 11. The number of halogens is 23. The van der Waals surface area contributed by atoms with Gasteiger partial charge in [-0.05, 0) is 0 Å². The average molecular weight is 668 g/mol. The molecule has 25 heteroatoms. The maximum absolute atomic E-state index is 14.3. The summed E-state index contributed by atoms with van der Waals surface area (Å²) >= 11 is 0. The standard InChI is InChI=1S/C16H7F23O2/c1-3-4(40)41-5(17)7(15(34,35)36,16(37,38)39)9(22,23)11(26,27)13(30,31)14(32,33)12(28,29)10(24,25)8(20,21)6(2,18)19/h3,5H,1H2,2H3. The van der Waals surface area contributed by atoms with Crippen molar-refractivity contribution in [2.45, 2.75) is 73.0 Å². The molecule has 244 valence electrons. The molecule has 0 amide bonds. The van der Waals surface area contributed by atoms with Crippen LogP contribution in [-0.4, -0.2) is 72.1 Å². The molecule has 0 aliphatic rings. The maximum atomic E-state index is 14.3. The normalized spacial score (nSPS) is 16.9. The molecule has 2 nitrogen and oxygen atoms in total. The third-order valence-corrected chi connectivity index (χ3v) is 5.03. The fourth-order valence-corrected chi connectivity index (χ4v) is 2.66. The van der Waals surface area contributed by atoms with Crippen molar-refractivity contribution < 1.29 is 111 Å². The van der Waals surface area contributed by atoms with Crippen LogP contribution in [0.15, 0.2) is 12.7 Å². The molecule has 0 bridgehead atoms. The second kappa shape index (κ2) is 9.82. The van der Waals surface area contributed by atoms with Crippen LogP contribution in [0.4, 0.5) is 101 Å². The first-order chi connectivity index (χ1) is 17.4. The van der Waals surface area contributed by atoms with Gasteiger partial charge in [0, 0.05) is 13.0 Å². The molecule has 1 unspecified atom stereocenters. The molecule has 41 heavy (non-hydrogen) atoms. The summed E-state index contributed by atoms with van der Waals surface area (Å²) in [5.74, 6) is -73.5. The van der Waals surface area contributed by atoms with Crippen LogP contribution in [0, 0.1) is 5.41 Å². The van der Waals surface area contributed by atoms with Crippen LogP contribution in [0.3, 0.4) is 0 Å². The summed E-state index contributed by atoms with van der Waals surface area (Å²) in [4.78, 5) is 10.7. The molecule has 0 radical (unpaired) electrons. The molecule has 0 spiro atoms. The van der Waals surface area contributed by atoms with Gasteiger partial charge in [0.2, 0.25) is 0 Å². The van der Waals surface area contributed by atoms with Crippen molar-refractivity contribution in [3.05, 3.63) is 12.7 Å². The predicted octanol–water partition coefficient (Wildman–Crippen LogP) is 8.22. The number of carbonyl (C=O) groups is 1. The van der Waals surface area contributed by atoms with Crippen molar-refractivity contribution >= 4 is 5.97 Å². The van der Waals surface area contributed by atoms with Gasteiger partial charge in [-0.3, -0.25) is 0 Å². The third-order valence-electron chi connectivity index (χ3n) is 5.03. The minimum atomic E-state index is -9.54. The minimum Gasteiger partial charge on any atom is -0.426 e. The Labute approximate surface area is 209 Å². The Kier molecular flexibility index (Phi) is 9.25. The Morgan fingerprint density at radius 1 is 0.537 bits per heavy atom. The Hall–Kier alpha value is -2.40. The zero-order valence-corrected chi connectivity index (χ0v) is 18.4. The van der Waals surface area contributed by atoms with Crippen LogP contribution in [0.2, 0.25) is 0 Å². The Morgan fingerprint density at radius 3 is 1.00 bits per heavy atom. The van der Waals surface area contributed by atoms with E-state index < -0.39 is 90.5 Å². The van der Waals surface area contributed by atoms with Crippen molar-refractivity contribution in [1.82, 2.24) is 0 Å². The van der Waals surface area contributed by atoms with Crippen LogP contribution in [0.1, 0.15) is 6.92 Å². The fraction of sp³-hybridized carbons (Fsp3) is 0.812. The molecule has 0 N–H and O–H groups in total. The van der Waals surface area contributed by atoms with Crippen molar-refractivity contribution in [3.63, 3.8) is 0 Å². The van der Waals surface area contributed by atoms with E-state index in [1.54, 1.807) is 0 Å². The lowest BCUT2D eigenvalue weighted by Crippen LogP contribution is -2.79. The summed E-state index contributed by atoms with van der Waals surface area (Å²) in [6.45, 7) is 0.665. The van der Waals surface area contributed by atoms with Crippen LogP contribution < -0.4 is 0 Å². The van der Waals surface area contributed by atoms with Gasteiger partial charge in [-0.15, -0.1) is 0 Å². The lowest BCUT2D eigenvalue weighted by Gasteiger charge is -2.48. The number of alkyl halides is 23. The first-order valence-corrected chi connectivity index (χ1v) is 9.01. The molecule has 0 aromatic heterocycles. The molecule has 0 rings (SSSR count). The monoisotopic (exact) mass is 668 g/mol. The van der Waals surface area contributed by atoms with Gasteiger partial charge in [-0.1, -0.05) is 6.58 Å². The molecule has 0 fully saturated rings. The highest BCUT2D eigenvalue weighted by Crippen LogP contribution is 2.70. The largest absolute Gasteiger partial charge is 0.426 e. The molecule has 0 saturated heterocycles. The number of esters is 1. The van der Waals surface area contributed by atoms with Crippen LogP contribution in [0.5, 0.6) is 0 Å². The van der Waals surface area contributed by atoms with Crippen molar-refractivity contribution in [3.8, 4) is 0 Å². The second-order valence-corrected chi connectivity index (χ2v) is 7.67. The van der Waals surface area contributed by atoms with Crippen molar-refractivity contribution in [2.75, 3.05) is 0 Å². The van der Waals surface area contributed by atoms with E-state index in [1.165, 1.54) is 0 Å². The fourth-order valence-electron chi connectivity index (χ4n) is 2.66. The van der Waals surface area contributed by atoms with Gasteiger partial charge in [0.25, 0.3) is 11.8 Å². The lowest BCUT2D eigenvalue weighted by atomic mass is 9.73. The molecule has 0 heterocycles. The van der Waals surface area contributed by atoms with Gasteiger partial charge in [-0.25, -0.2) is 9.18 Å². The second-order valence-electron chi connectivity index (χ2n) is 7.67. The number of hydrogen-bond acceptors (Lipinski definition) is 2. The van der Waals surface area contributed by atoms with E-state index >= 15 is 0 Å². The smallest absolute Gasteiger partial charge is 0.415 e. The zero-order chi connectivity index (χ0) is 34.1. The summed E-state index contributed by atoms with van der Waals surface area (Å²) in [6, 6.07) is 0. The summed E-state index contributed by atoms with van der Waals surface area (Å²) in [6.07, 6.45) is -24.2. The molecule has 0 saturated carbocycles. The highest BCUT2D eigenvalue weighted by molar-refractivity contribution is 5.81. The quantitative estimate of drug-likeness (QED) is 0.126. The average Bonchev–Trinajstić information content (AvgIpc) is 2.69. The van der Waals surface area contributed by atoms with Gasteiger partial charge in [0.05, 0.1) is 0 Å². The molecule has 0 aromatic rings. The Balaban J connectivity index is 7.82. The molecule has 0 aliphatic heterocycles. The predicted molar refractivity (Wildman–Crippen MR) is 81.0 cm³/mol. The third kappa shape index (κ3) is 4.80. The summed E-state index contributed by atoms with van der Waals surface area (Å²) in [5, 5.41) is 0. The molecule has 0 aromatic carbocycles. The van der Waals surface area contributed by atoms with Gasteiger partial charge in [0.1, 0.15) is 0 Å². The highest BCUT2D eigenvalue weighted by atomic mass is 19.4. The zero-order valence-electron chi connectivity index (χ0n) is 18.4. The molecular formula is C16H7F23O2. The van der Waals surface area contributed by atoms with Crippen molar-refractivity contribution in [2.24, 2.45) is 5.41 Å².